The molecular weight excluding hydrogens is 269 g/mol. The Hall–Kier alpha value is -2.17. The Labute approximate surface area is 123 Å². The van der Waals surface area contributed by atoms with E-state index in [4.69, 9.17) is 4.74 Å². The highest BCUT2D eigenvalue weighted by Crippen LogP contribution is 2.30. The summed E-state index contributed by atoms with van der Waals surface area (Å²) in [5.74, 6) is 1.38. The molecule has 110 valence electrons. The van der Waals surface area contributed by atoms with Crippen molar-refractivity contribution in [1.82, 2.24) is 9.97 Å². The molecule has 1 heterocycles. The van der Waals surface area contributed by atoms with Gasteiger partial charge in [0, 0.05) is 24.9 Å². The summed E-state index contributed by atoms with van der Waals surface area (Å²) in [6.45, 7) is 2.55. The zero-order valence-corrected chi connectivity index (χ0v) is 12.2. The fourth-order valence-electron chi connectivity index (χ4n) is 2.24. The lowest BCUT2D eigenvalue weighted by Crippen LogP contribution is -2.02. The Morgan fingerprint density at radius 1 is 1.38 bits per heavy atom. The van der Waals surface area contributed by atoms with Crippen LogP contribution in [0.15, 0.2) is 24.4 Å². The van der Waals surface area contributed by atoms with Gasteiger partial charge in [0.05, 0.1) is 12.3 Å². The predicted molar refractivity (Wildman–Crippen MR) is 79.9 cm³/mol. The van der Waals surface area contributed by atoms with Crippen LogP contribution in [-0.2, 0) is 0 Å². The largest absolute Gasteiger partial charge is 0.477 e. The number of benzene rings is 1. The van der Waals surface area contributed by atoms with Crippen molar-refractivity contribution in [3.8, 4) is 17.3 Å². The van der Waals surface area contributed by atoms with E-state index in [1.807, 2.05) is 13.0 Å². The van der Waals surface area contributed by atoms with Gasteiger partial charge in [0.2, 0.25) is 5.88 Å². The van der Waals surface area contributed by atoms with Crippen LogP contribution in [0.2, 0.25) is 0 Å². The number of hydrogen-bond donors (Lipinski definition) is 1. The van der Waals surface area contributed by atoms with E-state index < -0.39 is 0 Å². The molecule has 0 bridgehead atoms. The highest BCUT2D eigenvalue weighted by molar-refractivity contribution is 5.64. The first-order valence-corrected chi connectivity index (χ1v) is 7.11. The Morgan fingerprint density at radius 2 is 2.19 bits per heavy atom. The molecule has 1 aromatic carbocycles. The average molecular weight is 287 g/mol. The first-order chi connectivity index (χ1) is 10.2. The fraction of sp³-hybridized carbons (Fsp3) is 0.375. The fourth-order valence-corrected chi connectivity index (χ4v) is 2.24. The van der Waals surface area contributed by atoms with Crippen LogP contribution in [0.5, 0.6) is 5.88 Å². The van der Waals surface area contributed by atoms with Gasteiger partial charge in [-0.15, -0.1) is 0 Å². The SMILES string of the molecule is CNc1c(C)cc(-c2nccc(OCC3CC3)n2)cc1F. The molecule has 1 saturated carbocycles. The van der Waals surface area contributed by atoms with Gasteiger partial charge in [-0.1, -0.05) is 0 Å². The summed E-state index contributed by atoms with van der Waals surface area (Å²) in [6.07, 6.45) is 4.10. The van der Waals surface area contributed by atoms with Gasteiger partial charge in [0.25, 0.3) is 0 Å². The highest BCUT2D eigenvalue weighted by atomic mass is 19.1. The zero-order chi connectivity index (χ0) is 14.8. The lowest BCUT2D eigenvalue weighted by molar-refractivity contribution is 0.288. The minimum absolute atomic E-state index is 0.305. The Kier molecular flexibility index (Phi) is 3.73. The number of hydrogen-bond acceptors (Lipinski definition) is 4. The maximum Gasteiger partial charge on any atom is 0.216 e. The second-order valence-electron chi connectivity index (χ2n) is 5.37. The third kappa shape index (κ3) is 3.12. The number of anilines is 1. The van der Waals surface area contributed by atoms with Gasteiger partial charge in [-0.3, -0.25) is 0 Å². The van der Waals surface area contributed by atoms with Crippen molar-refractivity contribution in [2.45, 2.75) is 19.8 Å². The first kappa shape index (κ1) is 13.8. The van der Waals surface area contributed by atoms with Crippen LogP contribution in [0.4, 0.5) is 10.1 Å². The molecular formula is C16H18FN3O. The summed E-state index contributed by atoms with van der Waals surface area (Å²) >= 11 is 0. The van der Waals surface area contributed by atoms with Crippen molar-refractivity contribution in [3.63, 3.8) is 0 Å². The Bertz CT molecular complexity index is 633. The molecule has 0 radical (unpaired) electrons. The molecule has 0 amide bonds. The average Bonchev–Trinajstić information content (AvgIpc) is 3.29. The molecule has 1 fully saturated rings. The molecule has 0 unspecified atom stereocenters. The molecule has 4 nitrogen and oxygen atoms in total. The van der Waals surface area contributed by atoms with Crippen molar-refractivity contribution in [2.75, 3.05) is 19.0 Å². The van der Waals surface area contributed by atoms with Crippen LogP contribution in [0.1, 0.15) is 18.4 Å². The van der Waals surface area contributed by atoms with Crippen LogP contribution < -0.4 is 10.1 Å². The number of nitrogens with zero attached hydrogens (tertiary/aromatic N) is 2. The van der Waals surface area contributed by atoms with Gasteiger partial charge < -0.3 is 10.1 Å². The third-order valence-corrected chi connectivity index (χ3v) is 3.59. The maximum absolute atomic E-state index is 14.0. The summed E-state index contributed by atoms with van der Waals surface area (Å²) < 4.78 is 19.7. The van der Waals surface area contributed by atoms with E-state index in [0.29, 0.717) is 35.5 Å². The second kappa shape index (κ2) is 5.68. The van der Waals surface area contributed by atoms with Gasteiger partial charge in [-0.25, -0.2) is 9.37 Å². The topological polar surface area (TPSA) is 47.0 Å². The van der Waals surface area contributed by atoms with Crippen LogP contribution in [0.25, 0.3) is 11.4 Å². The van der Waals surface area contributed by atoms with Crippen LogP contribution >= 0.6 is 0 Å². The monoisotopic (exact) mass is 287 g/mol. The molecule has 1 N–H and O–H groups in total. The van der Waals surface area contributed by atoms with Crippen molar-refractivity contribution < 1.29 is 9.13 Å². The molecule has 0 atom stereocenters. The molecule has 0 aliphatic heterocycles. The molecule has 1 aliphatic carbocycles. The van der Waals surface area contributed by atoms with E-state index in [1.54, 1.807) is 19.3 Å². The molecule has 2 aromatic rings. The number of halogens is 1. The maximum atomic E-state index is 14.0. The second-order valence-corrected chi connectivity index (χ2v) is 5.37. The molecule has 3 rings (SSSR count). The van der Waals surface area contributed by atoms with Crippen LogP contribution in [0, 0.1) is 18.7 Å². The number of aryl methyl sites for hydroxylation is 1. The smallest absolute Gasteiger partial charge is 0.216 e. The van der Waals surface area contributed by atoms with E-state index >= 15 is 0 Å². The molecule has 1 aromatic heterocycles. The molecule has 0 spiro atoms. The van der Waals surface area contributed by atoms with Gasteiger partial charge in [-0.05, 0) is 43.4 Å². The molecule has 5 heteroatoms. The Balaban J connectivity index is 1.87. The summed E-state index contributed by atoms with van der Waals surface area (Å²) in [6, 6.07) is 5.05. The molecule has 21 heavy (non-hydrogen) atoms. The molecule has 0 saturated heterocycles. The van der Waals surface area contributed by atoms with E-state index in [9.17, 15) is 4.39 Å². The minimum Gasteiger partial charge on any atom is -0.477 e. The van der Waals surface area contributed by atoms with E-state index in [0.717, 1.165) is 5.56 Å². The minimum atomic E-state index is -0.305. The quantitative estimate of drug-likeness (QED) is 0.915. The zero-order valence-electron chi connectivity index (χ0n) is 12.2. The van der Waals surface area contributed by atoms with Crippen molar-refractivity contribution in [1.29, 1.82) is 0 Å². The first-order valence-electron chi connectivity index (χ1n) is 7.11. The summed E-state index contributed by atoms with van der Waals surface area (Å²) in [5, 5.41) is 2.85. The summed E-state index contributed by atoms with van der Waals surface area (Å²) in [7, 11) is 1.70. The van der Waals surface area contributed by atoms with Gasteiger partial charge in [-0.2, -0.15) is 4.98 Å². The highest BCUT2D eigenvalue weighted by Gasteiger charge is 2.22. The van der Waals surface area contributed by atoms with Crippen LogP contribution in [0.3, 0.4) is 0 Å². The number of ether oxygens (including phenoxy) is 1. The van der Waals surface area contributed by atoms with Crippen molar-refractivity contribution in [2.24, 2.45) is 5.92 Å². The van der Waals surface area contributed by atoms with Crippen molar-refractivity contribution in [3.05, 3.63) is 35.8 Å². The number of nitrogens with one attached hydrogen (secondary N) is 1. The number of aromatic nitrogens is 2. The molecule has 1 aliphatic rings. The van der Waals surface area contributed by atoms with Crippen molar-refractivity contribution >= 4 is 5.69 Å². The number of rotatable bonds is 5. The van der Waals surface area contributed by atoms with Crippen LogP contribution in [-0.4, -0.2) is 23.6 Å². The van der Waals surface area contributed by atoms with Gasteiger partial charge in [0.15, 0.2) is 5.82 Å². The predicted octanol–water partition coefficient (Wildman–Crippen LogP) is 3.42. The summed E-state index contributed by atoms with van der Waals surface area (Å²) in [5.41, 5.74) is 1.97. The van der Waals surface area contributed by atoms with Gasteiger partial charge >= 0.3 is 0 Å². The van der Waals surface area contributed by atoms with Gasteiger partial charge in [0.1, 0.15) is 5.82 Å². The van der Waals surface area contributed by atoms with E-state index in [1.165, 1.54) is 18.9 Å². The van der Waals surface area contributed by atoms with E-state index in [2.05, 4.69) is 15.3 Å². The lowest BCUT2D eigenvalue weighted by Gasteiger charge is -2.10. The Morgan fingerprint density at radius 3 is 2.86 bits per heavy atom. The normalized spacial score (nSPS) is 14.0. The van der Waals surface area contributed by atoms with E-state index in [-0.39, 0.29) is 5.82 Å². The lowest BCUT2D eigenvalue weighted by atomic mass is 10.1. The standard InChI is InChI=1S/C16H18FN3O/c1-10-7-12(8-13(17)15(10)18-2)16-19-6-5-14(20-16)21-9-11-3-4-11/h5-8,11,18H,3-4,9H2,1-2H3. The third-order valence-electron chi connectivity index (χ3n) is 3.59. The summed E-state index contributed by atoms with van der Waals surface area (Å²) in [4.78, 5) is 8.57.